The van der Waals surface area contributed by atoms with Crippen molar-refractivity contribution in [2.24, 2.45) is 0 Å². The molecule has 72 valence electrons. The van der Waals surface area contributed by atoms with E-state index in [-0.39, 0.29) is 0 Å². The first-order valence-corrected chi connectivity index (χ1v) is 4.46. The highest BCUT2D eigenvalue weighted by atomic mass is 16.5. The van der Waals surface area contributed by atoms with Gasteiger partial charge >= 0.3 is 6.01 Å². The van der Waals surface area contributed by atoms with Gasteiger partial charge in [-0.15, -0.1) is 0 Å². The number of methoxy groups -OCH3 is 1. The van der Waals surface area contributed by atoms with Crippen LogP contribution in [0.4, 0.5) is 6.01 Å². The van der Waals surface area contributed by atoms with Crippen LogP contribution in [0.1, 0.15) is 24.6 Å². The third-order valence-corrected chi connectivity index (χ3v) is 1.97. The summed E-state index contributed by atoms with van der Waals surface area (Å²) in [5, 5.41) is 6.85. The fourth-order valence-corrected chi connectivity index (χ4v) is 1.07. The van der Waals surface area contributed by atoms with Crippen LogP contribution in [0.25, 0.3) is 0 Å². The number of aromatic nitrogens is 2. The first kappa shape index (κ1) is 8.50. The van der Waals surface area contributed by atoms with Crippen molar-refractivity contribution in [3.8, 4) is 0 Å². The molecule has 1 fully saturated rings. The number of nitrogens with one attached hydrogen (secondary N) is 1. The second-order valence-electron chi connectivity index (χ2n) is 3.15. The molecule has 2 rings (SSSR count). The van der Waals surface area contributed by atoms with E-state index in [1.807, 2.05) is 0 Å². The van der Waals surface area contributed by atoms with Crippen LogP contribution >= 0.6 is 0 Å². The normalized spacial score (nSPS) is 16.1. The number of nitrogens with zero attached hydrogens (tertiary/aromatic N) is 2. The zero-order valence-corrected chi connectivity index (χ0v) is 7.62. The molecule has 1 aliphatic carbocycles. The van der Waals surface area contributed by atoms with Gasteiger partial charge < -0.3 is 14.6 Å². The van der Waals surface area contributed by atoms with Gasteiger partial charge in [-0.1, -0.05) is 5.16 Å². The van der Waals surface area contributed by atoms with E-state index in [1.54, 1.807) is 7.11 Å². The lowest BCUT2D eigenvalue weighted by molar-refractivity contribution is 0.210. The Labute approximate surface area is 76.5 Å². The van der Waals surface area contributed by atoms with Crippen LogP contribution < -0.4 is 5.32 Å². The van der Waals surface area contributed by atoms with Crippen molar-refractivity contribution in [1.82, 2.24) is 10.1 Å². The average molecular weight is 183 g/mol. The SMILES string of the molecule is COCCNc1nc(C2CC2)no1. The molecule has 0 radical (unpaired) electrons. The first-order valence-electron chi connectivity index (χ1n) is 4.46. The molecule has 1 aliphatic rings. The molecule has 5 nitrogen and oxygen atoms in total. The van der Waals surface area contributed by atoms with Crippen molar-refractivity contribution in [3.63, 3.8) is 0 Å². The Hall–Kier alpha value is -1.10. The summed E-state index contributed by atoms with van der Waals surface area (Å²) in [5.74, 6) is 1.38. The van der Waals surface area contributed by atoms with Crippen molar-refractivity contribution in [3.05, 3.63) is 5.82 Å². The molecule has 0 bridgehead atoms. The summed E-state index contributed by atoms with van der Waals surface area (Å²) < 4.78 is 9.86. The highest BCUT2D eigenvalue weighted by Gasteiger charge is 2.28. The minimum atomic E-state index is 0.499. The van der Waals surface area contributed by atoms with E-state index in [0.717, 1.165) is 5.82 Å². The van der Waals surface area contributed by atoms with E-state index < -0.39 is 0 Å². The van der Waals surface area contributed by atoms with Gasteiger partial charge in [-0.25, -0.2) is 0 Å². The summed E-state index contributed by atoms with van der Waals surface area (Å²) in [4.78, 5) is 4.20. The topological polar surface area (TPSA) is 60.2 Å². The Bertz CT molecular complexity index is 270. The molecule has 0 unspecified atom stereocenters. The lowest BCUT2D eigenvalue weighted by Crippen LogP contribution is -2.07. The van der Waals surface area contributed by atoms with Crippen LogP contribution in [0.15, 0.2) is 4.52 Å². The fourth-order valence-electron chi connectivity index (χ4n) is 1.07. The summed E-state index contributed by atoms with van der Waals surface area (Å²) in [6.45, 7) is 1.34. The van der Waals surface area contributed by atoms with Gasteiger partial charge in [-0.3, -0.25) is 0 Å². The second kappa shape index (κ2) is 3.74. The largest absolute Gasteiger partial charge is 0.383 e. The highest BCUT2D eigenvalue weighted by molar-refractivity contribution is 5.20. The highest BCUT2D eigenvalue weighted by Crippen LogP contribution is 2.38. The molecule has 0 saturated heterocycles. The molecule has 1 aromatic heterocycles. The van der Waals surface area contributed by atoms with Crippen LogP contribution in [0.3, 0.4) is 0 Å². The van der Waals surface area contributed by atoms with Gasteiger partial charge in [-0.05, 0) is 12.8 Å². The third-order valence-electron chi connectivity index (χ3n) is 1.97. The molecule has 0 spiro atoms. The van der Waals surface area contributed by atoms with E-state index >= 15 is 0 Å². The maximum absolute atomic E-state index is 4.98. The number of hydrogen-bond acceptors (Lipinski definition) is 5. The summed E-state index contributed by atoms with van der Waals surface area (Å²) in [7, 11) is 1.66. The van der Waals surface area contributed by atoms with Gasteiger partial charge in [0.25, 0.3) is 0 Å². The van der Waals surface area contributed by atoms with Gasteiger partial charge in [0, 0.05) is 19.6 Å². The van der Waals surface area contributed by atoms with E-state index in [9.17, 15) is 0 Å². The molecular weight excluding hydrogens is 170 g/mol. The summed E-state index contributed by atoms with van der Waals surface area (Å²) >= 11 is 0. The Morgan fingerprint density at radius 3 is 3.15 bits per heavy atom. The number of anilines is 1. The average Bonchev–Trinajstić information content (AvgIpc) is 2.88. The monoisotopic (exact) mass is 183 g/mol. The molecule has 0 aliphatic heterocycles. The minimum Gasteiger partial charge on any atom is -0.383 e. The quantitative estimate of drug-likeness (QED) is 0.690. The Morgan fingerprint density at radius 1 is 1.62 bits per heavy atom. The Balaban J connectivity index is 1.82. The summed E-state index contributed by atoms with van der Waals surface area (Å²) in [5.41, 5.74) is 0. The molecular formula is C8H13N3O2. The minimum absolute atomic E-state index is 0.499. The predicted octanol–water partition coefficient (Wildman–Crippen LogP) is 1.01. The zero-order chi connectivity index (χ0) is 9.10. The number of ether oxygens (including phenoxy) is 1. The molecule has 0 aromatic carbocycles. The molecule has 1 saturated carbocycles. The van der Waals surface area contributed by atoms with E-state index in [1.165, 1.54) is 12.8 Å². The molecule has 1 heterocycles. The molecule has 0 atom stereocenters. The van der Waals surface area contributed by atoms with Crippen LogP contribution in [0.2, 0.25) is 0 Å². The molecule has 0 amide bonds. The predicted molar refractivity (Wildman–Crippen MR) is 46.6 cm³/mol. The van der Waals surface area contributed by atoms with E-state index in [4.69, 9.17) is 9.26 Å². The summed E-state index contributed by atoms with van der Waals surface area (Å²) in [6, 6.07) is 0.499. The van der Waals surface area contributed by atoms with Crippen LogP contribution in [0, 0.1) is 0 Å². The first-order chi connectivity index (χ1) is 6.40. The van der Waals surface area contributed by atoms with Crippen molar-refractivity contribution in [2.75, 3.05) is 25.6 Å². The van der Waals surface area contributed by atoms with Crippen LogP contribution in [-0.4, -0.2) is 30.4 Å². The van der Waals surface area contributed by atoms with Crippen molar-refractivity contribution >= 4 is 6.01 Å². The molecule has 13 heavy (non-hydrogen) atoms. The molecule has 1 N–H and O–H groups in total. The maximum atomic E-state index is 4.98. The second-order valence-corrected chi connectivity index (χ2v) is 3.15. The standard InChI is InChI=1S/C8H13N3O2/c1-12-5-4-9-8-10-7(11-13-8)6-2-3-6/h6H,2-5H2,1H3,(H,9,10,11). The van der Waals surface area contributed by atoms with Gasteiger partial charge in [0.2, 0.25) is 0 Å². The van der Waals surface area contributed by atoms with Gasteiger partial charge in [0.1, 0.15) is 0 Å². The smallest absolute Gasteiger partial charge is 0.321 e. The molecule has 5 heteroatoms. The Morgan fingerprint density at radius 2 is 2.46 bits per heavy atom. The van der Waals surface area contributed by atoms with Crippen molar-refractivity contribution in [2.45, 2.75) is 18.8 Å². The molecule has 1 aromatic rings. The van der Waals surface area contributed by atoms with Crippen molar-refractivity contribution in [1.29, 1.82) is 0 Å². The lowest BCUT2D eigenvalue weighted by atomic mass is 10.4. The zero-order valence-electron chi connectivity index (χ0n) is 7.62. The van der Waals surface area contributed by atoms with Crippen LogP contribution in [-0.2, 0) is 4.74 Å². The number of hydrogen-bond donors (Lipinski definition) is 1. The third kappa shape index (κ3) is 2.18. The fraction of sp³-hybridized carbons (Fsp3) is 0.750. The lowest BCUT2D eigenvalue weighted by Gasteiger charge is -1.97. The van der Waals surface area contributed by atoms with Crippen molar-refractivity contribution < 1.29 is 9.26 Å². The van der Waals surface area contributed by atoms with E-state index in [0.29, 0.717) is 25.1 Å². The van der Waals surface area contributed by atoms with Gasteiger partial charge in [-0.2, -0.15) is 4.98 Å². The summed E-state index contributed by atoms with van der Waals surface area (Å²) in [6.07, 6.45) is 2.38. The van der Waals surface area contributed by atoms with Crippen LogP contribution in [0.5, 0.6) is 0 Å². The maximum Gasteiger partial charge on any atom is 0.321 e. The van der Waals surface area contributed by atoms with E-state index in [2.05, 4.69) is 15.5 Å². The Kier molecular flexibility index (Phi) is 2.44. The number of rotatable bonds is 5. The van der Waals surface area contributed by atoms with Gasteiger partial charge in [0.05, 0.1) is 6.61 Å². The van der Waals surface area contributed by atoms with Gasteiger partial charge in [0.15, 0.2) is 5.82 Å².